The van der Waals surface area contributed by atoms with E-state index in [0.717, 1.165) is 43.8 Å². The third-order valence-electron chi connectivity index (χ3n) is 7.00. The summed E-state index contributed by atoms with van der Waals surface area (Å²) in [6.45, 7) is 4.52. The number of hydrogen-bond donors (Lipinski definition) is 1. The van der Waals surface area contributed by atoms with E-state index in [1.54, 1.807) is 37.4 Å². The number of rotatable bonds is 6. The number of nitrogens with one attached hydrogen (secondary N) is 1. The largest absolute Gasteiger partial charge is 0.416 e. The van der Waals surface area contributed by atoms with Crippen molar-refractivity contribution in [2.75, 3.05) is 19.6 Å². The number of pyridine rings is 1. The fraction of sp³-hybridized carbons (Fsp3) is 0.417. The number of H-pyrrole nitrogens is 1. The van der Waals surface area contributed by atoms with Crippen LogP contribution in [0, 0.1) is 12.8 Å². The average Bonchev–Trinajstić information content (AvgIpc) is 3.37. The van der Waals surface area contributed by atoms with E-state index in [9.17, 15) is 22.8 Å². The van der Waals surface area contributed by atoms with E-state index < -0.39 is 23.0 Å². The van der Waals surface area contributed by atoms with Crippen LogP contribution in [0.1, 0.15) is 29.7 Å². The van der Waals surface area contributed by atoms with Crippen molar-refractivity contribution in [1.82, 2.24) is 24.6 Å². The minimum Gasteiger partial charge on any atom is -0.302 e. The summed E-state index contributed by atoms with van der Waals surface area (Å²) in [6.07, 6.45) is -1.06. The molecule has 3 heterocycles. The Labute approximate surface area is 193 Å². The van der Waals surface area contributed by atoms with Crippen LogP contribution in [0.4, 0.5) is 13.2 Å². The zero-order valence-corrected chi connectivity index (χ0v) is 18.6. The third-order valence-corrected chi connectivity index (χ3v) is 7.00. The zero-order valence-electron chi connectivity index (χ0n) is 18.6. The molecule has 1 aromatic carbocycles. The number of benzene rings is 1. The Hall–Kier alpha value is -3.27. The van der Waals surface area contributed by atoms with Crippen LogP contribution in [0.2, 0.25) is 0 Å². The van der Waals surface area contributed by atoms with E-state index >= 15 is 0 Å². The Bertz CT molecular complexity index is 1330. The van der Waals surface area contributed by atoms with Gasteiger partial charge in [-0.2, -0.15) is 18.3 Å². The highest BCUT2D eigenvalue weighted by atomic mass is 19.4. The fourth-order valence-corrected chi connectivity index (χ4v) is 5.13. The molecule has 0 bridgehead atoms. The molecule has 10 heteroatoms. The van der Waals surface area contributed by atoms with Crippen molar-refractivity contribution in [3.05, 3.63) is 80.3 Å². The van der Waals surface area contributed by atoms with Gasteiger partial charge in [0.15, 0.2) is 5.69 Å². The smallest absolute Gasteiger partial charge is 0.302 e. The molecule has 2 fully saturated rings. The number of hydrogen-bond acceptors (Lipinski definition) is 5. The summed E-state index contributed by atoms with van der Waals surface area (Å²) in [5, 5.41) is 4.29. The predicted octanol–water partition coefficient (Wildman–Crippen LogP) is 2.98. The molecule has 34 heavy (non-hydrogen) atoms. The van der Waals surface area contributed by atoms with Crippen molar-refractivity contribution in [3.63, 3.8) is 0 Å². The number of likely N-dealkylation sites (tertiary alicyclic amines) is 1. The van der Waals surface area contributed by atoms with Crippen LogP contribution in [0.5, 0.6) is 0 Å². The summed E-state index contributed by atoms with van der Waals surface area (Å²) in [7, 11) is 0. The maximum absolute atomic E-state index is 12.9. The molecular weight excluding hydrogens is 447 g/mol. The summed E-state index contributed by atoms with van der Waals surface area (Å²) in [6, 6.07) is 9.00. The SMILES string of the molecule is Cc1ncccc1-c1nn(CCCN2C[C@@H]3C[C@]3(c3ccc(C(F)(F)F)cc3)C2)c(=O)[nH]c1=O. The van der Waals surface area contributed by atoms with Crippen molar-refractivity contribution in [2.24, 2.45) is 5.92 Å². The standard InChI is InChI=1S/C24H24F3N5O2/c1-15-19(4-2-9-28-15)20-21(33)29-22(34)32(30-20)11-3-10-31-13-18-12-23(18,14-31)16-5-7-17(8-6-16)24(25,26)27/h2,4-9,18H,3,10-14H2,1H3,(H,29,33,34)/t18-,23+/m0/s1. The lowest BCUT2D eigenvalue weighted by Crippen LogP contribution is -2.35. The molecular formula is C24H24F3N5O2. The Morgan fingerprint density at radius 2 is 1.91 bits per heavy atom. The highest BCUT2D eigenvalue weighted by molar-refractivity contribution is 5.59. The second-order valence-corrected chi connectivity index (χ2v) is 9.19. The molecule has 3 aromatic rings. The molecule has 2 atom stereocenters. The Morgan fingerprint density at radius 3 is 2.62 bits per heavy atom. The van der Waals surface area contributed by atoms with Gasteiger partial charge in [0.25, 0.3) is 5.56 Å². The van der Waals surface area contributed by atoms with Crippen LogP contribution in [-0.2, 0) is 18.1 Å². The quantitative estimate of drug-likeness (QED) is 0.598. The molecule has 0 amide bonds. The van der Waals surface area contributed by atoms with Gasteiger partial charge in [-0.25, -0.2) is 9.48 Å². The van der Waals surface area contributed by atoms with Crippen LogP contribution in [0.3, 0.4) is 0 Å². The number of piperidine rings is 1. The topological polar surface area (TPSA) is 83.9 Å². The number of fused-ring (bicyclic) bond motifs is 1. The average molecular weight is 471 g/mol. The van der Waals surface area contributed by atoms with Crippen molar-refractivity contribution in [3.8, 4) is 11.3 Å². The summed E-state index contributed by atoms with van der Waals surface area (Å²) in [5.41, 5.74) is 0.557. The van der Waals surface area contributed by atoms with E-state index in [4.69, 9.17) is 0 Å². The normalized spacial score (nSPS) is 22.1. The lowest BCUT2D eigenvalue weighted by Gasteiger charge is -2.21. The van der Waals surface area contributed by atoms with Gasteiger partial charge >= 0.3 is 11.9 Å². The van der Waals surface area contributed by atoms with Gasteiger partial charge in [-0.3, -0.25) is 14.8 Å². The van der Waals surface area contributed by atoms with E-state index in [2.05, 4.69) is 20.0 Å². The first-order chi connectivity index (χ1) is 16.2. The van der Waals surface area contributed by atoms with Crippen LogP contribution < -0.4 is 11.2 Å². The van der Waals surface area contributed by atoms with Gasteiger partial charge in [-0.15, -0.1) is 0 Å². The van der Waals surface area contributed by atoms with E-state index in [0.29, 0.717) is 30.1 Å². The molecule has 1 saturated carbocycles. The monoisotopic (exact) mass is 471 g/mol. The molecule has 7 nitrogen and oxygen atoms in total. The molecule has 1 N–H and O–H groups in total. The fourth-order valence-electron chi connectivity index (χ4n) is 5.13. The Balaban J connectivity index is 1.23. The van der Waals surface area contributed by atoms with E-state index in [1.165, 1.54) is 4.68 Å². The summed E-state index contributed by atoms with van der Waals surface area (Å²) >= 11 is 0. The number of halogens is 3. The Kier molecular flexibility index (Phi) is 5.43. The van der Waals surface area contributed by atoms with Crippen LogP contribution in [0.25, 0.3) is 11.3 Å². The molecule has 0 spiro atoms. The van der Waals surface area contributed by atoms with Crippen molar-refractivity contribution in [2.45, 2.75) is 37.9 Å². The molecule has 1 aliphatic carbocycles. The lowest BCUT2D eigenvalue weighted by molar-refractivity contribution is -0.137. The molecule has 1 aliphatic heterocycles. The van der Waals surface area contributed by atoms with Gasteiger partial charge in [-0.1, -0.05) is 12.1 Å². The number of alkyl halides is 3. The molecule has 0 radical (unpaired) electrons. The third kappa shape index (κ3) is 4.06. The van der Waals surface area contributed by atoms with Crippen LogP contribution in [-0.4, -0.2) is 44.3 Å². The number of aryl methyl sites for hydroxylation is 2. The van der Waals surface area contributed by atoms with Crippen molar-refractivity contribution in [1.29, 1.82) is 0 Å². The molecule has 5 rings (SSSR count). The second kappa shape index (κ2) is 8.19. The van der Waals surface area contributed by atoms with Gasteiger partial charge in [-0.05, 0) is 62.1 Å². The van der Waals surface area contributed by atoms with E-state index in [1.807, 2.05) is 0 Å². The highest BCUT2D eigenvalue weighted by Crippen LogP contribution is 2.59. The van der Waals surface area contributed by atoms with Crippen molar-refractivity contribution < 1.29 is 13.2 Å². The lowest BCUT2D eigenvalue weighted by atomic mass is 9.94. The number of nitrogens with zero attached hydrogens (tertiary/aromatic N) is 4. The van der Waals surface area contributed by atoms with Crippen molar-refractivity contribution >= 4 is 0 Å². The molecule has 0 unspecified atom stereocenters. The maximum Gasteiger partial charge on any atom is 0.416 e. The van der Waals surface area contributed by atoms with E-state index in [-0.39, 0.29) is 11.1 Å². The number of aromatic amines is 1. The first-order valence-corrected chi connectivity index (χ1v) is 11.2. The zero-order chi connectivity index (χ0) is 24.1. The summed E-state index contributed by atoms with van der Waals surface area (Å²) in [5.74, 6) is 0.443. The van der Waals surface area contributed by atoms with Gasteiger partial charge < -0.3 is 4.90 Å². The van der Waals surface area contributed by atoms with Gasteiger partial charge in [0.05, 0.1) is 5.56 Å². The maximum atomic E-state index is 12.9. The second-order valence-electron chi connectivity index (χ2n) is 9.19. The molecule has 1 saturated heterocycles. The molecule has 178 valence electrons. The van der Waals surface area contributed by atoms with Crippen LogP contribution >= 0.6 is 0 Å². The summed E-state index contributed by atoms with van der Waals surface area (Å²) < 4.78 is 39.9. The predicted molar refractivity (Wildman–Crippen MR) is 119 cm³/mol. The van der Waals surface area contributed by atoms with Gasteiger partial charge in [0.1, 0.15) is 0 Å². The van der Waals surface area contributed by atoms with Crippen LogP contribution in [0.15, 0.2) is 52.2 Å². The number of aromatic nitrogens is 4. The molecule has 2 aromatic heterocycles. The summed E-state index contributed by atoms with van der Waals surface area (Å²) in [4.78, 5) is 33.4. The highest BCUT2D eigenvalue weighted by Gasteiger charge is 2.60. The molecule has 2 aliphatic rings. The Morgan fingerprint density at radius 1 is 1.15 bits per heavy atom. The van der Waals surface area contributed by atoms with Gasteiger partial charge in [0.2, 0.25) is 0 Å². The first-order valence-electron chi connectivity index (χ1n) is 11.2. The minimum absolute atomic E-state index is 0.0673. The van der Waals surface area contributed by atoms with Gasteiger partial charge in [0, 0.05) is 42.5 Å². The first kappa shape index (κ1) is 22.5. The minimum atomic E-state index is -4.33.